The van der Waals surface area contributed by atoms with Crippen molar-refractivity contribution in [3.8, 4) is 0 Å². The standard InChI is InChI=1S/C16H15N3O/c1-19-13-10-6-5-9-12(13)18-15(14(17)16(19)20)11-7-3-2-4-8-11/h2-10,14H,17H2,1H3/t14-/m0/s1. The van der Waals surface area contributed by atoms with Crippen LogP contribution in [-0.4, -0.2) is 24.7 Å². The summed E-state index contributed by atoms with van der Waals surface area (Å²) in [7, 11) is 1.73. The van der Waals surface area contributed by atoms with Gasteiger partial charge in [-0.1, -0.05) is 42.5 Å². The van der Waals surface area contributed by atoms with Gasteiger partial charge in [0.2, 0.25) is 5.91 Å². The Morgan fingerprint density at radius 2 is 1.70 bits per heavy atom. The van der Waals surface area contributed by atoms with Crippen LogP contribution in [0.15, 0.2) is 59.6 Å². The number of nitrogens with zero attached hydrogens (tertiary/aromatic N) is 2. The van der Waals surface area contributed by atoms with Crippen molar-refractivity contribution in [1.82, 2.24) is 0 Å². The summed E-state index contributed by atoms with van der Waals surface area (Å²) in [5, 5.41) is 0. The molecule has 0 spiro atoms. The zero-order valence-electron chi connectivity index (χ0n) is 11.2. The molecule has 4 heteroatoms. The first-order valence-corrected chi connectivity index (χ1v) is 6.44. The van der Waals surface area contributed by atoms with Gasteiger partial charge in [-0.05, 0) is 17.7 Å². The van der Waals surface area contributed by atoms with Gasteiger partial charge in [0, 0.05) is 7.05 Å². The second-order valence-electron chi connectivity index (χ2n) is 4.73. The summed E-state index contributed by atoms with van der Waals surface area (Å²) in [6.45, 7) is 0. The number of rotatable bonds is 1. The summed E-state index contributed by atoms with van der Waals surface area (Å²) in [5.41, 5.74) is 9.12. The van der Waals surface area contributed by atoms with E-state index in [1.807, 2.05) is 54.6 Å². The van der Waals surface area contributed by atoms with Crippen molar-refractivity contribution < 1.29 is 4.79 Å². The smallest absolute Gasteiger partial charge is 0.249 e. The number of hydrogen-bond donors (Lipinski definition) is 1. The normalized spacial score (nSPS) is 18.3. The lowest BCUT2D eigenvalue weighted by atomic mass is 10.0. The number of para-hydroxylation sites is 2. The van der Waals surface area contributed by atoms with Crippen LogP contribution in [0.2, 0.25) is 0 Å². The number of carbonyl (C=O) groups is 1. The molecule has 2 N–H and O–H groups in total. The highest BCUT2D eigenvalue weighted by atomic mass is 16.2. The van der Waals surface area contributed by atoms with E-state index in [1.165, 1.54) is 0 Å². The molecule has 0 unspecified atom stereocenters. The summed E-state index contributed by atoms with van der Waals surface area (Å²) in [4.78, 5) is 18.6. The largest absolute Gasteiger partial charge is 0.315 e. The maximum atomic E-state index is 12.4. The molecular formula is C16H15N3O. The topological polar surface area (TPSA) is 58.7 Å². The first kappa shape index (κ1) is 12.6. The number of benzene rings is 2. The average molecular weight is 265 g/mol. The van der Waals surface area contributed by atoms with Crippen molar-refractivity contribution >= 4 is 23.0 Å². The third-order valence-electron chi connectivity index (χ3n) is 3.44. The molecule has 1 aliphatic rings. The summed E-state index contributed by atoms with van der Waals surface area (Å²) < 4.78 is 0. The SMILES string of the molecule is CN1C(=O)[C@@H](N)C(c2ccccc2)=Nc2ccccc21. The number of likely N-dealkylation sites (N-methyl/N-ethyl adjacent to an activating group) is 1. The molecule has 100 valence electrons. The Kier molecular flexibility index (Phi) is 3.08. The van der Waals surface area contributed by atoms with E-state index in [-0.39, 0.29) is 5.91 Å². The van der Waals surface area contributed by atoms with Gasteiger partial charge in [-0.2, -0.15) is 0 Å². The first-order valence-electron chi connectivity index (χ1n) is 6.44. The van der Waals surface area contributed by atoms with Gasteiger partial charge in [0.25, 0.3) is 0 Å². The molecule has 0 fully saturated rings. The van der Waals surface area contributed by atoms with E-state index in [0.717, 1.165) is 16.9 Å². The fourth-order valence-corrected chi connectivity index (χ4v) is 2.34. The van der Waals surface area contributed by atoms with Gasteiger partial charge in [0.05, 0.1) is 17.1 Å². The lowest BCUT2D eigenvalue weighted by Gasteiger charge is -2.19. The molecular weight excluding hydrogens is 250 g/mol. The lowest BCUT2D eigenvalue weighted by molar-refractivity contribution is -0.118. The highest BCUT2D eigenvalue weighted by Crippen LogP contribution is 2.31. The Morgan fingerprint density at radius 3 is 2.45 bits per heavy atom. The van der Waals surface area contributed by atoms with Crippen LogP contribution in [0.3, 0.4) is 0 Å². The molecule has 20 heavy (non-hydrogen) atoms. The molecule has 2 aromatic carbocycles. The molecule has 0 radical (unpaired) electrons. The van der Waals surface area contributed by atoms with Gasteiger partial charge in [-0.15, -0.1) is 0 Å². The molecule has 0 saturated heterocycles. The second-order valence-corrected chi connectivity index (χ2v) is 4.73. The minimum atomic E-state index is -0.755. The van der Waals surface area contributed by atoms with Crippen LogP contribution in [0, 0.1) is 0 Å². The predicted molar refractivity (Wildman–Crippen MR) is 80.5 cm³/mol. The number of amides is 1. The first-order chi connectivity index (χ1) is 9.68. The van der Waals surface area contributed by atoms with E-state index in [9.17, 15) is 4.79 Å². The highest BCUT2D eigenvalue weighted by molar-refractivity contribution is 6.22. The fourth-order valence-electron chi connectivity index (χ4n) is 2.34. The lowest BCUT2D eigenvalue weighted by Crippen LogP contribution is -2.46. The highest BCUT2D eigenvalue weighted by Gasteiger charge is 2.29. The predicted octanol–water partition coefficient (Wildman–Crippen LogP) is 2.11. The molecule has 0 saturated carbocycles. The van der Waals surface area contributed by atoms with Gasteiger partial charge in [-0.3, -0.25) is 4.79 Å². The zero-order chi connectivity index (χ0) is 14.1. The Labute approximate surface area is 117 Å². The fraction of sp³-hybridized carbons (Fsp3) is 0.125. The van der Waals surface area contributed by atoms with Crippen LogP contribution >= 0.6 is 0 Å². The van der Waals surface area contributed by atoms with Crippen LogP contribution in [-0.2, 0) is 4.79 Å². The monoisotopic (exact) mass is 265 g/mol. The van der Waals surface area contributed by atoms with Gasteiger partial charge in [-0.25, -0.2) is 4.99 Å². The summed E-state index contributed by atoms with van der Waals surface area (Å²) in [5.74, 6) is -0.155. The number of fused-ring (bicyclic) bond motifs is 1. The third-order valence-corrected chi connectivity index (χ3v) is 3.44. The average Bonchev–Trinajstić information content (AvgIpc) is 2.60. The van der Waals surface area contributed by atoms with Crippen LogP contribution < -0.4 is 10.6 Å². The van der Waals surface area contributed by atoms with E-state index in [2.05, 4.69) is 4.99 Å². The molecule has 4 nitrogen and oxygen atoms in total. The molecule has 1 amide bonds. The van der Waals surface area contributed by atoms with Crippen molar-refractivity contribution in [3.63, 3.8) is 0 Å². The number of nitrogens with two attached hydrogens (primary N) is 1. The minimum absolute atomic E-state index is 0.155. The van der Waals surface area contributed by atoms with Gasteiger partial charge < -0.3 is 10.6 Å². The minimum Gasteiger partial charge on any atom is -0.315 e. The zero-order valence-corrected chi connectivity index (χ0v) is 11.2. The van der Waals surface area contributed by atoms with Crippen LogP contribution in [0.5, 0.6) is 0 Å². The number of aliphatic imine (C=N–C) groups is 1. The Morgan fingerprint density at radius 1 is 1.05 bits per heavy atom. The summed E-state index contributed by atoms with van der Waals surface area (Å²) in [6.07, 6.45) is 0. The van der Waals surface area contributed by atoms with Gasteiger partial charge in [0.15, 0.2) is 0 Å². The Hall–Kier alpha value is -2.46. The van der Waals surface area contributed by atoms with E-state index < -0.39 is 6.04 Å². The molecule has 1 heterocycles. The Balaban J connectivity index is 2.20. The van der Waals surface area contributed by atoms with Gasteiger partial charge >= 0.3 is 0 Å². The van der Waals surface area contributed by atoms with Crippen LogP contribution in [0.25, 0.3) is 0 Å². The van der Waals surface area contributed by atoms with Crippen LogP contribution in [0.4, 0.5) is 11.4 Å². The summed E-state index contributed by atoms with van der Waals surface area (Å²) in [6, 6.07) is 16.4. The molecule has 1 aliphatic heterocycles. The quantitative estimate of drug-likeness (QED) is 0.858. The van der Waals surface area contributed by atoms with E-state index in [0.29, 0.717) is 5.71 Å². The van der Waals surface area contributed by atoms with Crippen molar-refractivity contribution in [3.05, 3.63) is 60.2 Å². The maximum absolute atomic E-state index is 12.4. The van der Waals surface area contributed by atoms with Crippen molar-refractivity contribution in [2.75, 3.05) is 11.9 Å². The third kappa shape index (κ3) is 2.00. The molecule has 1 atom stereocenters. The van der Waals surface area contributed by atoms with Crippen molar-refractivity contribution in [2.45, 2.75) is 6.04 Å². The molecule has 2 aromatic rings. The van der Waals surface area contributed by atoms with Crippen molar-refractivity contribution in [1.29, 1.82) is 0 Å². The van der Waals surface area contributed by atoms with Gasteiger partial charge in [0.1, 0.15) is 6.04 Å². The van der Waals surface area contributed by atoms with E-state index >= 15 is 0 Å². The van der Waals surface area contributed by atoms with E-state index in [1.54, 1.807) is 11.9 Å². The second kappa shape index (κ2) is 4.90. The number of carbonyl (C=O) groups excluding carboxylic acids is 1. The van der Waals surface area contributed by atoms with Crippen LogP contribution in [0.1, 0.15) is 5.56 Å². The number of anilines is 1. The summed E-state index contributed by atoms with van der Waals surface area (Å²) >= 11 is 0. The molecule has 0 aliphatic carbocycles. The number of hydrogen-bond acceptors (Lipinski definition) is 3. The van der Waals surface area contributed by atoms with E-state index in [4.69, 9.17) is 5.73 Å². The molecule has 3 rings (SSSR count). The van der Waals surface area contributed by atoms with Crippen molar-refractivity contribution in [2.24, 2.45) is 10.7 Å². The Bertz CT molecular complexity index is 679. The maximum Gasteiger partial charge on any atom is 0.249 e. The molecule has 0 bridgehead atoms. The molecule has 0 aromatic heterocycles.